The van der Waals surface area contributed by atoms with Gasteiger partial charge in [0.25, 0.3) is 11.5 Å². The van der Waals surface area contributed by atoms with E-state index in [1.165, 1.54) is 12.1 Å². The van der Waals surface area contributed by atoms with Crippen molar-refractivity contribution in [2.45, 2.75) is 0 Å². The monoisotopic (exact) mass is 304 g/mol. The molecular formula is C14H9FN2O5. The molecule has 0 radical (unpaired) electrons. The van der Waals surface area contributed by atoms with Crippen LogP contribution in [-0.2, 0) is 4.79 Å². The summed E-state index contributed by atoms with van der Waals surface area (Å²) < 4.78 is 12.9. The van der Waals surface area contributed by atoms with Gasteiger partial charge in [0, 0.05) is 17.8 Å². The standard InChI is InChI=1S/C14H9FN2O5/c15-8-1-3-9(4-2-8)16-12-7-10(17(21)22)5-6-11(12)13(18)14(19)20/h1-7,16H,(H,19,20). The van der Waals surface area contributed by atoms with Gasteiger partial charge in [-0.1, -0.05) is 0 Å². The molecule has 2 N–H and O–H groups in total. The Hall–Kier alpha value is -3.29. The Balaban J connectivity index is 2.47. The van der Waals surface area contributed by atoms with Crippen molar-refractivity contribution in [2.24, 2.45) is 0 Å². The Kier molecular flexibility index (Phi) is 4.12. The maximum atomic E-state index is 12.9. The number of rotatable bonds is 5. The van der Waals surface area contributed by atoms with E-state index in [-0.39, 0.29) is 16.9 Å². The highest BCUT2D eigenvalue weighted by molar-refractivity contribution is 6.41. The smallest absolute Gasteiger partial charge is 0.377 e. The zero-order valence-electron chi connectivity index (χ0n) is 10.9. The molecule has 0 fully saturated rings. The van der Waals surface area contributed by atoms with Gasteiger partial charge in [0.1, 0.15) is 5.82 Å². The number of ketones is 1. The number of hydrogen-bond acceptors (Lipinski definition) is 5. The number of carboxylic acid groups (broad SMARTS) is 1. The van der Waals surface area contributed by atoms with Crippen molar-refractivity contribution in [2.75, 3.05) is 5.32 Å². The van der Waals surface area contributed by atoms with Crippen LogP contribution in [0, 0.1) is 15.9 Å². The lowest BCUT2D eigenvalue weighted by Crippen LogP contribution is -2.14. The fourth-order valence-electron chi connectivity index (χ4n) is 1.75. The summed E-state index contributed by atoms with van der Waals surface area (Å²) in [6.07, 6.45) is 0. The SMILES string of the molecule is O=C(O)C(=O)c1ccc([N+](=O)[O-])cc1Nc1ccc(F)cc1. The number of hydrogen-bond donors (Lipinski definition) is 2. The first-order chi connectivity index (χ1) is 10.4. The summed E-state index contributed by atoms with van der Waals surface area (Å²) >= 11 is 0. The summed E-state index contributed by atoms with van der Waals surface area (Å²) in [6.45, 7) is 0. The van der Waals surface area contributed by atoms with Crippen LogP contribution in [0.2, 0.25) is 0 Å². The highest BCUT2D eigenvalue weighted by atomic mass is 19.1. The molecule has 2 aromatic rings. The van der Waals surface area contributed by atoms with Crippen LogP contribution in [0.4, 0.5) is 21.5 Å². The first-order valence-corrected chi connectivity index (χ1v) is 5.97. The van der Waals surface area contributed by atoms with Crippen LogP contribution < -0.4 is 5.32 Å². The molecule has 0 aliphatic carbocycles. The fraction of sp³-hybridized carbons (Fsp3) is 0. The van der Waals surface area contributed by atoms with Crippen LogP contribution in [0.25, 0.3) is 0 Å². The minimum atomic E-state index is -1.68. The molecule has 0 heterocycles. The van der Waals surface area contributed by atoms with E-state index in [1.54, 1.807) is 0 Å². The van der Waals surface area contributed by atoms with Gasteiger partial charge in [-0.2, -0.15) is 0 Å². The number of nitro groups is 1. The lowest BCUT2D eigenvalue weighted by atomic mass is 10.1. The molecule has 0 spiro atoms. The number of nitro benzene ring substituents is 1. The summed E-state index contributed by atoms with van der Waals surface area (Å²) in [6, 6.07) is 8.13. The van der Waals surface area contributed by atoms with E-state index in [4.69, 9.17) is 5.11 Å². The summed E-state index contributed by atoms with van der Waals surface area (Å²) in [5.74, 6) is -3.37. The number of carbonyl (C=O) groups is 2. The van der Waals surface area contributed by atoms with Crippen molar-refractivity contribution in [1.29, 1.82) is 0 Å². The third kappa shape index (κ3) is 3.23. The second-order valence-electron chi connectivity index (χ2n) is 4.25. The minimum Gasteiger partial charge on any atom is -0.475 e. The van der Waals surface area contributed by atoms with Gasteiger partial charge in [-0.25, -0.2) is 9.18 Å². The van der Waals surface area contributed by atoms with Crippen LogP contribution in [0.3, 0.4) is 0 Å². The normalized spacial score (nSPS) is 10.0. The van der Waals surface area contributed by atoms with Crippen LogP contribution >= 0.6 is 0 Å². The maximum absolute atomic E-state index is 12.9. The number of benzene rings is 2. The Labute approximate surface area is 123 Å². The Morgan fingerprint density at radius 1 is 1.14 bits per heavy atom. The number of carboxylic acids is 1. The van der Waals surface area contributed by atoms with Gasteiger partial charge in [-0.05, 0) is 30.3 Å². The van der Waals surface area contributed by atoms with E-state index in [2.05, 4.69) is 5.32 Å². The van der Waals surface area contributed by atoms with Crippen LogP contribution in [0.15, 0.2) is 42.5 Å². The molecule has 0 aromatic heterocycles. The van der Waals surface area contributed by atoms with Gasteiger partial charge in [0.15, 0.2) is 0 Å². The molecular weight excluding hydrogens is 295 g/mol. The molecule has 0 saturated carbocycles. The summed E-state index contributed by atoms with van der Waals surface area (Å²) in [7, 11) is 0. The lowest BCUT2D eigenvalue weighted by molar-refractivity contribution is -0.384. The van der Waals surface area contributed by atoms with E-state index in [0.29, 0.717) is 5.69 Å². The molecule has 0 saturated heterocycles. The van der Waals surface area contributed by atoms with Crippen molar-refractivity contribution < 1.29 is 24.0 Å². The molecule has 0 bridgehead atoms. The molecule has 2 rings (SSSR count). The molecule has 22 heavy (non-hydrogen) atoms. The van der Waals surface area contributed by atoms with Crippen molar-refractivity contribution in [3.8, 4) is 0 Å². The van der Waals surface area contributed by atoms with E-state index >= 15 is 0 Å². The minimum absolute atomic E-state index is 0.0480. The van der Waals surface area contributed by atoms with Gasteiger partial charge in [0.05, 0.1) is 16.2 Å². The van der Waals surface area contributed by atoms with Gasteiger partial charge in [0.2, 0.25) is 0 Å². The Bertz CT molecular complexity index is 758. The van der Waals surface area contributed by atoms with Crippen LogP contribution in [-0.4, -0.2) is 21.8 Å². The van der Waals surface area contributed by atoms with Crippen molar-refractivity contribution in [1.82, 2.24) is 0 Å². The average Bonchev–Trinajstić information content (AvgIpc) is 2.48. The molecule has 7 nitrogen and oxygen atoms in total. The van der Waals surface area contributed by atoms with E-state index in [0.717, 1.165) is 30.3 Å². The molecule has 0 unspecified atom stereocenters. The van der Waals surface area contributed by atoms with Crippen molar-refractivity contribution in [3.05, 3.63) is 64.0 Å². The highest BCUT2D eigenvalue weighted by Crippen LogP contribution is 2.26. The van der Waals surface area contributed by atoms with Gasteiger partial charge in [-0.15, -0.1) is 0 Å². The molecule has 0 aliphatic rings. The van der Waals surface area contributed by atoms with Crippen molar-refractivity contribution >= 4 is 28.8 Å². The zero-order valence-corrected chi connectivity index (χ0v) is 10.9. The van der Waals surface area contributed by atoms with Crippen molar-refractivity contribution in [3.63, 3.8) is 0 Å². The molecule has 8 heteroatoms. The number of nitrogens with zero attached hydrogens (tertiary/aromatic N) is 1. The average molecular weight is 304 g/mol. The van der Waals surface area contributed by atoms with Crippen LogP contribution in [0.5, 0.6) is 0 Å². The number of Topliss-reactive ketones (excluding diaryl/α,β-unsaturated/α-hetero) is 1. The summed E-state index contributed by atoms with van der Waals surface area (Å²) in [5.41, 5.74) is -0.247. The maximum Gasteiger partial charge on any atom is 0.377 e. The summed E-state index contributed by atoms with van der Waals surface area (Å²) in [4.78, 5) is 32.5. The fourth-order valence-corrected chi connectivity index (χ4v) is 1.75. The largest absolute Gasteiger partial charge is 0.475 e. The third-order valence-electron chi connectivity index (χ3n) is 2.78. The first kappa shape index (κ1) is 15.1. The number of carbonyl (C=O) groups excluding carboxylic acids is 1. The number of aliphatic carboxylic acids is 1. The Morgan fingerprint density at radius 2 is 1.77 bits per heavy atom. The van der Waals surface area contributed by atoms with E-state index < -0.39 is 22.5 Å². The second kappa shape index (κ2) is 6.00. The highest BCUT2D eigenvalue weighted by Gasteiger charge is 2.21. The van der Waals surface area contributed by atoms with E-state index in [9.17, 15) is 24.1 Å². The number of non-ortho nitro benzene ring substituents is 1. The van der Waals surface area contributed by atoms with E-state index in [1.807, 2.05) is 0 Å². The van der Waals surface area contributed by atoms with Gasteiger partial charge >= 0.3 is 5.97 Å². The Morgan fingerprint density at radius 3 is 2.32 bits per heavy atom. The quantitative estimate of drug-likeness (QED) is 0.380. The number of nitrogens with one attached hydrogen (secondary N) is 1. The number of halogens is 1. The van der Waals surface area contributed by atoms with Gasteiger partial charge in [-0.3, -0.25) is 14.9 Å². The topological polar surface area (TPSA) is 110 Å². The predicted molar refractivity (Wildman–Crippen MR) is 74.7 cm³/mol. The lowest BCUT2D eigenvalue weighted by Gasteiger charge is -2.10. The molecule has 0 aliphatic heterocycles. The number of anilines is 2. The first-order valence-electron chi connectivity index (χ1n) is 5.97. The zero-order chi connectivity index (χ0) is 16.3. The molecule has 112 valence electrons. The molecule has 2 aromatic carbocycles. The second-order valence-corrected chi connectivity index (χ2v) is 4.25. The molecule has 0 amide bonds. The van der Waals surface area contributed by atoms with Gasteiger partial charge < -0.3 is 10.4 Å². The molecule has 0 atom stereocenters. The third-order valence-corrected chi connectivity index (χ3v) is 2.78. The predicted octanol–water partition coefficient (Wildman–Crippen LogP) is 2.74. The van der Waals surface area contributed by atoms with Crippen LogP contribution in [0.1, 0.15) is 10.4 Å². The summed E-state index contributed by atoms with van der Waals surface area (Å²) in [5, 5.41) is 22.2.